The van der Waals surface area contributed by atoms with Crippen molar-refractivity contribution in [2.24, 2.45) is 7.05 Å². The molecule has 10 heteroatoms. The van der Waals surface area contributed by atoms with E-state index in [0.29, 0.717) is 50.1 Å². The van der Waals surface area contributed by atoms with Gasteiger partial charge >= 0.3 is 0 Å². The van der Waals surface area contributed by atoms with Crippen LogP contribution in [0, 0.1) is 12.7 Å². The highest BCUT2D eigenvalue weighted by Gasteiger charge is 2.21. The standard InChI is InChI=1S/C23H18FN5O3S/c1-12-20-14(10-16(19-5-4-8-32-19)25-21(20)29(2)28-12)22(30)27-23-26-17(11-33-23)13-6-7-18(31-3)15(24)9-13/h4-11H,1-3H3,(H,26,27,30). The van der Waals surface area contributed by atoms with Gasteiger partial charge in [0.05, 0.1) is 35.7 Å². The largest absolute Gasteiger partial charge is 0.494 e. The average Bonchev–Trinajstić information content (AvgIpc) is 3.55. The van der Waals surface area contributed by atoms with Gasteiger partial charge in [0.25, 0.3) is 5.91 Å². The number of amides is 1. The molecule has 5 aromatic rings. The number of halogens is 1. The minimum atomic E-state index is -0.481. The lowest BCUT2D eigenvalue weighted by atomic mass is 10.1. The quantitative estimate of drug-likeness (QED) is 0.391. The molecule has 8 nitrogen and oxygen atoms in total. The second-order valence-electron chi connectivity index (χ2n) is 7.28. The van der Waals surface area contributed by atoms with Crippen LogP contribution < -0.4 is 10.1 Å². The highest BCUT2D eigenvalue weighted by Crippen LogP contribution is 2.30. The summed E-state index contributed by atoms with van der Waals surface area (Å²) < 4.78 is 26.1. The summed E-state index contributed by atoms with van der Waals surface area (Å²) in [6, 6.07) is 9.81. The van der Waals surface area contributed by atoms with Crippen molar-refractivity contribution in [3.63, 3.8) is 0 Å². The summed E-state index contributed by atoms with van der Waals surface area (Å²) in [5, 5.41) is 10.0. The fourth-order valence-electron chi connectivity index (χ4n) is 3.63. The molecular formula is C23H18FN5O3S. The summed E-state index contributed by atoms with van der Waals surface area (Å²) in [5.74, 6) is -0.135. The number of nitrogens with one attached hydrogen (secondary N) is 1. The van der Waals surface area contributed by atoms with Crippen LogP contribution in [0.4, 0.5) is 9.52 Å². The number of anilines is 1. The first-order chi connectivity index (χ1) is 15.9. The third kappa shape index (κ3) is 3.74. The first-order valence-corrected chi connectivity index (χ1v) is 10.8. The number of methoxy groups -OCH3 is 1. The third-order valence-electron chi connectivity index (χ3n) is 5.16. The summed E-state index contributed by atoms with van der Waals surface area (Å²) in [7, 11) is 3.18. The number of aromatic nitrogens is 4. The van der Waals surface area contributed by atoms with E-state index >= 15 is 0 Å². The number of carbonyl (C=O) groups is 1. The molecular weight excluding hydrogens is 445 g/mol. The lowest BCUT2D eigenvalue weighted by Gasteiger charge is -2.07. The Kier molecular flexibility index (Phi) is 5.14. The summed E-state index contributed by atoms with van der Waals surface area (Å²) in [6.07, 6.45) is 1.55. The zero-order valence-corrected chi connectivity index (χ0v) is 18.7. The number of ether oxygens (including phenoxy) is 1. The molecule has 4 aromatic heterocycles. The molecule has 166 valence electrons. The average molecular weight is 463 g/mol. The summed E-state index contributed by atoms with van der Waals surface area (Å²) in [6.45, 7) is 1.83. The summed E-state index contributed by atoms with van der Waals surface area (Å²) in [5.41, 5.74) is 3.31. The fraction of sp³-hybridized carbons (Fsp3) is 0.130. The Bertz CT molecular complexity index is 1490. The van der Waals surface area contributed by atoms with E-state index in [0.717, 1.165) is 0 Å². The number of benzene rings is 1. The van der Waals surface area contributed by atoms with E-state index in [1.807, 2.05) is 6.92 Å². The second kappa shape index (κ2) is 8.14. The van der Waals surface area contributed by atoms with Gasteiger partial charge in [-0.3, -0.25) is 14.8 Å². The third-order valence-corrected chi connectivity index (χ3v) is 5.92. The molecule has 5 rings (SSSR count). The van der Waals surface area contributed by atoms with Crippen LogP contribution in [0.1, 0.15) is 16.1 Å². The molecule has 0 saturated heterocycles. The van der Waals surface area contributed by atoms with Gasteiger partial charge in [-0.05, 0) is 43.3 Å². The van der Waals surface area contributed by atoms with Crippen LogP contribution in [-0.2, 0) is 7.05 Å². The first kappa shape index (κ1) is 20.8. The Morgan fingerprint density at radius 1 is 1.21 bits per heavy atom. The minimum absolute atomic E-state index is 0.156. The van der Waals surface area contributed by atoms with Gasteiger partial charge in [-0.15, -0.1) is 11.3 Å². The van der Waals surface area contributed by atoms with E-state index in [1.54, 1.807) is 47.6 Å². The van der Waals surface area contributed by atoms with Crippen molar-refractivity contribution in [2.75, 3.05) is 12.4 Å². The number of carbonyl (C=O) groups excluding carboxylic acids is 1. The Hall–Kier alpha value is -4.05. The van der Waals surface area contributed by atoms with Gasteiger partial charge in [-0.2, -0.15) is 5.10 Å². The molecule has 0 fully saturated rings. The second-order valence-corrected chi connectivity index (χ2v) is 8.14. The van der Waals surface area contributed by atoms with Crippen LogP contribution in [-0.4, -0.2) is 32.8 Å². The van der Waals surface area contributed by atoms with Gasteiger partial charge in [0.1, 0.15) is 5.69 Å². The molecule has 0 unspecified atom stereocenters. The molecule has 0 atom stereocenters. The number of thiazole rings is 1. The number of fused-ring (bicyclic) bond motifs is 1. The van der Waals surface area contributed by atoms with Gasteiger partial charge in [0.2, 0.25) is 0 Å². The fourth-order valence-corrected chi connectivity index (χ4v) is 4.34. The number of nitrogens with zero attached hydrogens (tertiary/aromatic N) is 4. The SMILES string of the molecule is COc1ccc(-c2csc(NC(=O)c3cc(-c4ccco4)nc4c3c(C)nn4C)n2)cc1F. The molecule has 0 bridgehead atoms. The van der Waals surface area contributed by atoms with Crippen LogP contribution in [0.25, 0.3) is 33.7 Å². The van der Waals surface area contributed by atoms with Crippen molar-refractivity contribution in [3.8, 4) is 28.5 Å². The zero-order chi connectivity index (χ0) is 23.1. The van der Waals surface area contributed by atoms with Crippen molar-refractivity contribution in [2.45, 2.75) is 6.92 Å². The predicted molar refractivity (Wildman–Crippen MR) is 123 cm³/mol. The molecule has 0 aliphatic carbocycles. The molecule has 33 heavy (non-hydrogen) atoms. The van der Waals surface area contributed by atoms with Crippen LogP contribution in [0.3, 0.4) is 0 Å². The molecule has 0 saturated carbocycles. The Morgan fingerprint density at radius 2 is 2.06 bits per heavy atom. The normalized spacial score (nSPS) is 11.2. The van der Waals surface area contributed by atoms with Gasteiger partial charge in [0, 0.05) is 18.0 Å². The number of hydrogen-bond acceptors (Lipinski definition) is 7. The van der Waals surface area contributed by atoms with E-state index in [-0.39, 0.29) is 11.7 Å². The highest BCUT2D eigenvalue weighted by molar-refractivity contribution is 7.14. The molecule has 0 aliphatic rings. The van der Waals surface area contributed by atoms with Crippen LogP contribution in [0.5, 0.6) is 5.75 Å². The predicted octanol–water partition coefficient (Wildman–Crippen LogP) is 5.06. The monoisotopic (exact) mass is 463 g/mol. The molecule has 0 radical (unpaired) electrons. The van der Waals surface area contributed by atoms with Gasteiger partial charge < -0.3 is 9.15 Å². The number of aryl methyl sites for hydroxylation is 2. The van der Waals surface area contributed by atoms with Gasteiger partial charge in [-0.25, -0.2) is 14.4 Å². The highest BCUT2D eigenvalue weighted by atomic mass is 32.1. The molecule has 1 amide bonds. The number of pyridine rings is 1. The Morgan fingerprint density at radius 3 is 2.79 bits per heavy atom. The van der Waals surface area contributed by atoms with Crippen LogP contribution in [0.15, 0.2) is 52.5 Å². The first-order valence-electron chi connectivity index (χ1n) is 9.93. The Balaban J connectivity index is 1.49. The lowest BCUT2D eigenvalue weighted by molar-refractivity contribution is 0.102. The Labute approximate surface area is 191 Å². The molecule has 0 aliphatic heterocycles. The van der Waals surface area contributed by atoms with Gasteiger partial charge in [0.15, 0.2) is 28.1 Å². The number of furan rings is 1. The maximum Gasteiger partial charge on any atom is 0.258 e. The molecule has 4 heterocycles. The van der Waals surface area contributed by atoms with Crippen molar-refractivity contribution in [1.29, 1.82) is 0 Å². The zero-order valence-electron chi connectivity index (χ0n) is 17.9. The number of hydrogen-bond donors (Lipinski definition) is 1. The van der Waals surface area contributed by atoms with E-state index in [1.165, 1.54) is 30.6 Å². The lowest BCUT2D eigenvalue weighted by Crippen LogP contribution is -2.13. The molecule has 1 N–H and O–H groups in total. The van der Waals surface area contributed by atoms with Crippen molar-refractivity contribution < 1.29 is 18.3 Å². The van der Waals surface area contributed by atoms with E-state index in [2.05, 4.69) is 20.4 Å². The maximum atomic E-state index is 14.1. The maximum absolute atomic E-state index is 14.1. The van der Waals surface area contributed by atoms with E-state index in [4.69, 9.17) is 9.15 Å². The van der Waals surface area contributed by atoms with E-state index in [9.17, 15) is 9.18 Å². The van der Waals surface area contributed by atoms with Crippen molar-refractivity contribution in [3.05, 3.63) is 65.1 Å². The summed E-state index contributed by atoms with van der Waals surface area (Å²) in [4.78, 5) is 22.3. The van der Waals surface area contributed by atoms with Crippen molar-refractivity contribution >= 4 is 33.4 Å². The summed E-state index contributed by atoms with van der Waals surface area (Å²) >= 11 is 1.25. The smallest absolute Gasteiger partial charge is 0.258 e. The van der Waals surface area contributed by atoms with Crippen molar-refractivity contribution in [1.82, 2.24) is 19.7 Å². The minimum Gasteiger partial charge on any atom is -0.494 e. The van der Waals surface area contributed by atoms with Crippen LogP contribution >= 0.6 is 11.3 Å². The van der Waals surface area contributed by atoms with Gasteiger partial charge in [-0.1, -0.05) is 0 Å². The number of rotatable bonds is 5. The topological polar surface area (TPSA) is 95.1 Å². The molecule has 0 spiro atoms. The molecule has 1 aromatic carbocycles. The van der Waals surface area contributed by atoms with E-state index < -0.39 is 5.82 Å². The van der Waals surface area contributed by atoms with Crippen LogP contribution in [0.2, 0.25) is 0 Å².